The van der Waals surface area contributed by atoms with Crippen molar-refractivity contribution in [2.45, 2.75) is 64.6 Å². The third kappa shape index (κ3) is 2.46. The lowest BCUT2D eigenvalue weighted by atomic mass is 9.46. The van der Waals surface area contributed by atoms with Crippen LogP contribution in [0.1, 0.15) is 57.9 Å². The molecule has 1 aromatic rings. The van der Waals surface area contributed by atoms with Gasteiger partial charge in [-0.2, -0.15) is 0 Å². The van der Waals surface area contributed by atoms with Gasteiger partial charge in [-0.05, 0) is 78.2 Å². The van der Waals surface area contributed by atoms with Gasteiger partial charge in [-0.25, -0.2) is 0 Å². The normalized spacial score (nSPS) is 46.0. The van der Waals surface area contributed by atoms with Gasteiger partial charge in [0, 0.05) is 0 Å². The Hall–Kier alpha value is -1.38. The standard InChI is InChI=1S/C25H32O2/c1-24-12-10-18(26)14-17(24)15-22(27)23-20-9-8-19(16-6-4-3-5-7-16)25(20,2)13-11-21(23)24/h3-8,15,18,20-23,26-27H,9-14H2,1-2H3/t18?,20-,21+,22?,23-,24-,25+/m0/s1. The van der Waals surface area contributed by atoms with E-state index in [9.17, 15) is 10.2 Å². The van der Waals surface area contributed by atoms with Crippen LogP contribution < -0.4 is 0 Å². The zero-order chi connectivity index (χ0) is 18.8. The van der Waals surface area contributed by atoms with Crippen molar-refractivity contribution in [3.63, 3.8) is 0 Å². The zero-order valence-corrected chi connectivity index (χ0v) is 16.6. The molecule has 0 radical (unpaired) electrons. The number of aliphatic hydroxyl groups is 2. The van der Waals surface area contributed by atoms with Crippen LogP contribution in [0.5, 0.6) is 0 Å². The smallest absolute Gasteiger partial charge is 0.0757 e. The summed E-state index contributed by atoms with van der Waals surface area (Å²) in [5.74, 6) is 1.40. The Morgan fingerprint density at radius 2 is 1.67 bits per heavy atom. The summed E-state index contributed by atoms with van der Waals surface area (Å²) in [6.45, 7) is 4.86. The average Bonchev–Trinajstić information content (AvgIpc) is 3.01. The van der Waals surface area contributed by atoms with Crippen LogP contribution in [-0.4, -0.2) is 22.4 Å². The number of hydrogen-bond acceptors (Lipinski definition) is 2. The summed E-state index contributed by atoms with van der Waals surface area (Å²) < 4.78 is 0. The molecule has 7 atom stereocenters. The van der Waals surface area contributed by atoms with Gasteiger partial charge in [-0.15, -0.1) is 0 Å². The molecule has 0 aliphatic heterocycles. The van der Waals surface area contributed by atoms with E-state index in [1.807, 2.05) is 0 Å². The van der Waals surface area contributed by atoms with E-state index >= 15 is 0 Å². The van der Waals surface area contributed by atoms with Gasteiger partial charge in [0.05, 0.1) is 12.2 Å². The number of rotatable bonds is 1. The molecule has 1 aromatic carbocycles. The van der Waals surface area contributed by atoms with Gasteiger partial charge in [-0.3, -0.25) is 0 Å². The molecule has 4 aliphatic rings. The van der Waals surface area contributed by atoms with Crippen LogP contribution in [-0.2, 0) is 0 Å². The minimum absolute atomic E-state index is 0.166. The molecule has 27 heavy (non-hydrogen) atoms. The molecular weight excluding hydrogens is 332 g/mol. The maximum atomic E-state index is 11.2. The summed E-state index contributed by atoms with van der Waals surface area (Å²) in [5.41, 5.74) is 4.51. The summed E-state index contributed by atoms with van der Waals surface area (Å²) in [7, 11) is 0. The first-order valence-electron chi connectivity index (χ1n) is 10.8. The fourth-order valence-corrected chi connectivity index (χ4v) is 7.27. The van der Waals surface area contributed by atoms with Gasteiger partial charge in [0.1, 0.15) is 0 Å². The molecule has 2 heteroatoms. The summed E-state index contributed by atoms with van der Waals surface area (Å²) in [6.07, 6.45) is 10.2. The largest absolute Gasteiger partial charge is 0.393 e. The van der Waals surface area contributed by atoms with Crippen molar-refractivity contribution in [1.82, 2.24) is 0 Å². The molecule has 2 nitrogen and oxygen atoms in total. The van der Waals surface area contributed by atoms with Crippen molar-refractivity contribution >= 4 is 5.57 Å². The Balaban J connectivity index is 1.52. The van der Waals surface area contributed by atoms with Crippen molar-refractivity contribution in [2.24, 2.45) is 28.6 Å². The van der Waals surface area contributed by atoms with Gasteiger partial charge < -0.3 is 10.2 Å². The number of fused-ring (bicyclic) bond motifs is 5. The molecule has 2 saturated carbocycles. The fraction of sp³-hybridized carbons (Fsp3) is 0.600. The van der Waals surface area contributed by atoms with Crippen LogP contribution in [0.25, 0.3) is 5.57 Å². The van der Waals surface area contributed by atoms with E-state index in [-0.39, 0.29) is 23.0 Å². The highest BCUT2D eigenvalue weighted by atomic mass is 16.3. The molecule has 2 fully saturated rings. The summed E-state index contributed by atoms with van der Waals surface area (Å²) in [5, 5.41) is 21.3. The van der Waals surface area contributed by atoms with E-state index in [1.54, 1.807) is 0 Å². The first kappa shape index (κ1) is 17.7. The van der Waals surface area contributed by atoms with E-state index in [1.165, 1.54) is 29.6 Å². The van der Waals surface area contributed by atoms with Gasteiger partial charge in [0.25, 0.3) is 0 Å². The van der Waals surface area contributed by atoms with Crippen LogP contribution in [0, 0.1) is 28.6 Å². The van der Waals surface area contributed by atoms with Gasteiger partial charge in [-0.1, -0.05) is 61.9 Å². The second-order valence-corrected chi connectivity index (χ2v) is 9.96. The van der Waals surface area contributed by atoms with Crippen molar-refractivity contribution in [1.29, 1.82) is 0 Å². The molecule has 0 aromatic heterocycles. The molecule has 0 heterocycles. The topological polar surface area (TPSA) is 40.5 Å². The average molecular weight is 365 g/mol. The van der Waals surface area contributed by atoms with Crippen LogP contribution in [0.2, 0.25) is 0 Å². The Labute approximate surface area is 163 Å². The molecule has 0 saturated heterocycles. The quantitative estimate of drug-likeness (QED) is 0.690. The van der Waals surface area contributed by atoms with Crippen LogP contribution in [0.15, 0.2) is 48.1 Å². The SMILES string of the molecule is C[C@]12CCC(O)CC1=CC(O)[C@@H]1[C@H]2CC[C@]2(C)C(c3ccccc3)=CC[C@@H]12. The minimum atomic E-state index is -0.364. The number of aliphatic hydroxyl groups excluding tert-OH is 2. The highest BCUT2D eigenvalue weighted by molar-refractivity contribution is 5.73. The molecule has 0 amide bonds. The summed E-state index contributed by atoms with van der Waals surface area (Å²) >= 11 is 0. The van der Waals surface area contributed by atoms with Gasteiger partial charge >= 0.3 is 0 Å². The predicted octanol–water partition coefficient (Wildman–Crippen LogP) is 4.97. The number of benzene rings is 1. The second kappa shape index (κ2) is 6.06. The molecular formula is C25H32O2. The van der Waals surface area contributed by atoms with E-state index in [0.29, 0.717) is 17.8 Å². The molecule has 2 unspecified atom stereocenters. The molecule has 144 valence electrons. The third-order valence-electron chi connectivity index (χ3n) is 8.77. The van der Waals surface area contributed by atoms with Crippen LogP contribution in [0.4, 0.5) is 0 Å². The maximum Gasteiger partial charge on any atom is 0.0757 e. The van der Waals surface area contributed by atoms with Crippen molar-refractivity contribution < 1.29 is 10.2 Å². The Morgan fingerprint density at radius 3 is 2.44 bits per heavy atom. The van der Waals surface area contributed by atoms with Gasteiger partial charge in [0.2, 0.25) is 0 Å². The second-order valence-electron chi connectivity index (χ2n) is 9.96. The fourth-order valence-electron chi connectivity index (χ4n) is 7.27. The number of hydrogen-bond donors (Lipinski definition) is 2. The maximum absolute atomic E-state index is 11.2. The van der Waals surface area contributed by atoms with E-state index < -0.39 is 0 Å². The van der Waals surface area contributed by atoms with Crippen molar-refractivity contribution in [3.8, 4) is 0 Å². The predicted molar refractivity (Wildman–Crippen MR) is 109 cm³/mol. The molecule has 0 bridgehead atoms. The monoisotopic (exact) mass is 364 g/mol. The Bertz CT molecular complexity index is 794. The summed E-state index contributed by atoms with van der Waals surface area (Å²) in [6, 6.07) is 10.8. The molecule has 5 rings (SSSR count). The lowest BCUT2D eigenvalue weighted by molar-refractivity contribution is -0.0731. The summed E-state index contributed by atoms with van der Waals surface area (Å²) in [4.78, 5) is 0. The number of allylic oxidation sites excluding steroid dienone is 2. The lowest BCUT2D eigenvalue weighted by Gasteiger charge is -2.58. The van der Waals surface area contributed by atoms with E-state index in [0.717, 1.165) is 25.7 Å². The van der Waals surface area contributed by atoms with Crippen LogP contribution >= 0.6 is 0 Å². The van der Waals surface area contributed by atoms with E-state index in [4.69, 9.17) is 0 Å². The van der Waals surface area contributed by atoms with Crippen molar-refractivity contribution in [3.05, 3.63) is 53.6 Å². The third-order valence-corrected chi connectivity index (χ3v) is 8.77. The minimum Gasteiger partial charge on any atom is -0.393 e. The zero-order valence-electron chi connectivity index (χ0n) is 16.6. The highest BCUT2D eigenvalue weighted by Gasteiger charge is 2.59. The van der Waals surface area contributed by atoms with Crippen LogP contribution in [0.3, 0.4) is 0 Å². The first-order valence-corrected chi connectivity index (χ1v) is 10.8. The van der Waals surface area contributed by atoms with Crippen molar-refractivity contribution in [2.75, 3.05) is 0 Å². The van der Waals surface area contributed by atoms with E-state index in [2.05, 4.69) is 56.3 Å². The van der Waals surface area contributed by atoms with Gasteiger partial charge in [0.15, 0.2) is 0 Å². The Morgan fingerprint density at radius 1 is 0.926 bits per heavy atom. The molecule has 2 N–H and O–H groups in total. The first-order chi connectivity index (χ1) is 12.9. The Kier molecular flexibility index (Phi) is 3.97. The molecule has 0 spiro atoms. The lowest BCUT2D eigenvalue weighted by Crippen LogP contribution is -2.54. The highest BCUT2D eigenvalue weighted by Crippen LogP contribution is 2.66. The molecule has 4 aliphatic carbocycles.